The number of para-hydroxylation sites is 1. The van der Waals surface area contributed by atoms with Crippen molar-refractivity contribution in [1.82, 2.24) is 0 Å². The predicted octanol–water partition coefficient (Wildman–Crippen LogP) is 2.70. The van der Waals surface area contributed by atoms with Gasteiger partial charge >= 0.3 is 0 Å². The molecule has 0 amide bonds. The minimum atomic E-state index is -0.354. The van der Waals surface area contributed by atoms with Crippen LogP contribution in [-0.2, 0) is 4.79 Å². The Morgan fingerprint density at radius 1 is 1.22 bits per heavy atom. The second-order valence-electron chi connectivity index (χ2n) is 5.00. The Morgan fingerprint density at radius 2 is 1.94 bits per heavy atom. The molecular weight excluding hydrogens is 230 g/mol. The Morgan fingerprint density at radius 3 is 2.67 bits per heavy atom. The molecule has 0 saturated heterocycles. The minimum absolute atomic E-state index is 0.0286. The first-order valence-corrected chi connectivity index (χ1v) is 6.09. The Bertz CT molecular complexity index is 538. The summed E-state index contributed by atoms with van der Waals surface area (Å²) in [4.78, 5) is 22.0. The highest BCUT2D eigenvalue weighted by Gasteiger charge is 2.46. The van der Waals surface area contributed by atoms with Gasteiger partial charge in [-0.2, -0.15) is 0 Å². The maximum atomic E-state index is 11.3. The van der Waals surface area contributed by atoms with E-state index in [1.54, 1.807) is 18.2 Å². The van der Waals surface area contributed by atoms with Gasteiger partial charge in [0, 0.05) is 23.5 Å². The molecular formula is C14H13NO3. The van der Waals surface area contributed by atoms with Crippen molar-refractivity contribution in [1.29, 1.82) is 0 Å². The summed E-state index contributed by atoms with van der Waals surface area (Å²) >= 11 is 0. The fourth-order valence-corrected chi connectivity index (χ4v) is 3.42. The van der Waals surface area contributed by atoms with E-state index in [1.807, 2.05) is 0 Å². The summed E-state index contributed by atoms with van der Waals surface area (Å²) in [6.45, 7) is 0. The summed E-state index contributed by atoms with van der Waals surface area (Å²) in [5.41, 5.74) is 0.840. The molecule has 1 aromatic carbocycles. The summed E-state index contributed by atoms with van der Waals surface area (Å²) in [5.74, 6) is 0.392. The number of allylic oxidation sites excluding steroid dienone is 2. The molecule has 1 fully saturated rings. The Balaban J connectivity index is 2.07. The largest absolute Gasteiger partial charge is 0.303 e. The summed E-state index contributed by atoms with van der Waals surface area (Å²) in [6, 6.07) is 6.78. The average Bonchev–Trinajstić information content (AvgIpc) is 2.98. The number of rotatable bonds is 3. The van der Waals surface area contributed by atoms with E-state index in [-0.39, 0.29) is 34.3 Å². The van der Waals surface area contributed by atoms with Crippen molar-refractivity contribution in [2.45, 2.75) is 12.3 Å². The first-order chi connectivity index (χ1) is 8.72. The summed E-state index contributed by atoms with van der Waals surface area (Å²) in [6.07, 6.45) is 6.09. The smallest absolute Gasteiger partial charge is 0.272 e. The molecule has 18 heavy (non-hydrogen) atoms. The van der Waals surface area contributed by atoms with Crippen LogP contribution in [0, 0.1) is 27.9 Å². The molecule has 2 bridgehead atoms. The summed E-state index contributed by atoms with van der Waals surface area (Å²) in [7, 11) is 0. The van der Waals surface area contributed by atoms with Crippen molar-refractivity contribution >= 4 is 12.0 Å². The molecule has 4 heteroatoms. The summed E-state index contributed by atoms with van der Waals surface area (Å²) in [5, 5.41) is 11.1. The fraction of sp³-hybridized carbons (Fsp3) is 0.357. The maximum absolute atomic E-state index is 11.3. The van der Waals surface area contributed by atoms with E-state index < -0.39 is 0 Å². The van der Waals surface area contributed by atoms with Crippen LogP contribution < -0.4 is 0 Å². The van der Waals surface area contributed by atoms with Gasteiger partial charge in [0.25, 0.3) is 5.69 Å². The van der Waals surface area contributed by atoms with Crippen LogP contribution in [0.15, 0.2) is 36.4 Å². The monoisotopic (exact) mass is 243 g/mol. The highest BCUT2D eigenvalue weighted by atomic mass is 16.6. The molecule has 2 aliphatic carbocycles. The second kappa shape index (κ2) is 4.05. The molecule has 0 heterocycles. The maximum Gasteiger partial charge on any atom is 0.272 e. The Labute approximate surface area is 104 Å². The third-order valence-electron chi connectivity index (χ3n) is 4.17. The topological polar surface area (TPSA) is 60.2 Å². The molecule has 0 N–H and O–H groups in total. The number of hydrogen-bond acceptors (Lipinski definition) is 3. The average molecular weight is 243 g/mol. The van der Waals surface area contributed by atoms with Gasteiger partial charge < -0.3 is 4.79 Å². The van der Waals surface area contributed by atoms with Crippen molar-refractivity contribution < 1.29 is 9.72 Å². The van der Waals surface area contributed by atoms with E-state index in [0.717, 1.165) is 12.7 Å². The zero-order valence-electron chi connectivity index (χ0n) is 9.73. The zero-order chi connectivity index (χ0) is 12.7. The van der Waals surface area contributed by atoms with Crippen molar-refractivity contribution in [2.24, 2.45) is 17.8 Å². The molecule has 92 valence electrons. The highest BCUT2D eigenvalue weighted by Crippen LogP contribution is 2.53. The van der Waals surface area contributed by atoms with E-state index in [1.165, 1.54) is 6.07 Å². The lowest BCUT2D eigenvalue weighted by Gasteiger charge is -2.23. The van der Waals surface area contributed by atoms with Crippen LogP contribution in [0.5, 0.6) is 0 Å². The Kier molecular flexibility index (Phi) is 2.51. The molecule has 2 aliphatic rings. The standard InChI is InChI=1S/C14H13NO3/c16-8-12-9-5-6-10(7-9)14(12)11-3-1-2-4-13(11)15(17)18/h1-6,8-10,12,14H,7H2/t9-,10+,12-,14+/m0/s1. The fourth-order valence-electron chi connectivity index (χ4n) is 3.42. The lowest BCUT2D eigenvalue weighted by atomic mass is 9.79. The zero-order valence-corrected chi connectivity index (χ0v) is 9.73. The predicted molar refractivity (Wildman–Crippen MR) is 66.1 cm³/mol. The molecule has 3 rings (SSSR count). The number of nitro benzene ring substituents is 1. The van der Waals surface area contributed by atoms with E-state index in [0.29, 0.717) is 5.56 Å². The molecule has 1 aromatic rings. The van der Waals surface area contributed by atoms with Crippen molar-refractivity contribution in [2.75, 3.05) is 0 Å². The Hall–Kier alpha value is -1.97. The van der Waals surface area contributed by atoms with Gasteiger partial charge in [0.15, 0.2) is 0 Å². The van der Waals surface area contributed by atoms with Gasteiger partial charge in [0.1, 0.15) is 6.29 Å². The lowest BCUT2D eigenvalue weighted by Crippen LogP contribution is -2.19. The van der Waals surface area contributed by atoms with E-state index >= 15 is 0 Å². The molecule has 1 saturated carbocycles. The molecule has 4 nitrogen and oxygen atoms in total. The number of carbonyl (C=O) groups excluding carboxylic acids is 1. The van der Waals surface area contributed by atoms with Gasteiger partial charge in [-0.15, -0.1) is 0 Å². The van der Waals surface area contributed by atoms with Gasteiger partial charge in [-0.3, -0.25) is 10.1 Å². The quantitative estimate of drug-likeness (QED) is 0.355. The van der Waals surface area contributed by atoms with Gasteiger partial charge in [0.05, 0.1) is 4.92 Å². The number of benzene rings is 1. The van der Waals surface area contributed by atoms with Gasteiger partial charge in [-0.05, 0) is 18.3 Å². The van der Waals surface area contributed by atoms with Crippen LogP contribution in [0.2, 0.25) is 0 Å². The third kappa shape index (κ3) is 1.49. The molecule has 0 unspecified atom stereocenters. The van der Waals surface area contributed by atoms with E-state index in [9.17, 15) is 14.9 Å². The number of carbonyl (C=O) groups is 1. The van der Waals surface area contributed by atoms with Crippen molar-refractivity contribution in [3.05, 3.63) is 52.1 Å². The number of aldehydes is 1. The van der Waals surface area contributed by atoms with E-state index in [2.05, 4.69) is 12.2 Å². The molecule has 0 aromatic heterocycles. The van der Waals surface area contributed by atoms with Gasteiger partial charge in [-0.25, -0.2) is 0 Å². The van der Waals surface area contributed by atoms with Gasteiger partial charge in [-0.1, -0.05) is 30.4 Å². The second-order valence-corrected chi connectivity index (χ2v) is 5.00. The first kappa shape index (κ1) is 11.1. The first-order valence-electron chi connectivity index (χ1n) is 6.09. The van der Waals surface area contributed by atoms with Crippen molar-refractivity contribution in [3.63, 3.8) is 0 Å². The van der Waals surface area contributed by atoms with Crippen LogP contribution in [0.3, 0.4) is 0 Å². The number of nitro groups is 1. The van der Waals surface area contributed by atoms with Gasteiger partial charge in [0.2, 0.25) is 0 Å². The summed E-state index contributed by atoms with van der Waals surface area (Å²) < 4.78 is 0. The van der Waals surface area contributed by atoms with Crippen LogP contribution >= 0.6 is 0 Å². The minimum Gasteiger partial charge on any atom is -0.303 e. The number of fused-ring (bicyclic) bond motifs is 2. The molecule has 4 atom stereocenters. The van der Waals surface area contributed by atoms with Crippen LogP contribution in [0.4, 0.5) is 5.69 Å². The van der Waals surface area contributed by atoms with Crippen molar-refractivity contribution in [3.8, 4) is 0 Å². The van der Waals surface area contributed by atoms with Crippen LogP contribution in [0.25, 0.3) is 0 Å². The molecule has 0 radical (unpaired) electrons. The highest BCUT2D eigenvalue weighted by molar-refractivity contribution is 5.61. The van der Waals surface area contributed by atoms with Crippen LogP contribution in [0.1, 0.15) is 17.9 Å². The molecule has 0 aliphatic heterocycles. The molecule has 0 spiro atoms. The van der Waals surface area contributed by atoms with E-state index in [4.69, 9.17) is 0 Å². The van der Waals surface area contributed by atoms with Crippen LogP contribution in [-0.4, -0.2) is 11.2 Å². The SMILES string of the molecule is O=C[C@@H]1[C@@H](c2ccccc2[N+](=O)[O-])[C@@H]2C=C[C@H]1C2. The number of nitrogens with zero attached hydrogens (tertiary/aromatic N) is 1. The third-order valence-corrected chi connectivity index (χ3v) is 4.17. The number of hydrogen-bond donors (Lipinski definition) is 0. The normalized spacial score (nSPS) is 32.7. The lowest BCUT2D eigenvalue weighted by molar-refractivity contribution is -0.385.